The number of benzene rings is 1. The molecule has 1 aliphatic rings. The van der Waals surface area contributed by atoms with Crippen molar-refractivity contribution in [2.45, 2.75) is 20.3 Å². The molecule has 1 saturated heterocycles. The topological polar surface area (TPSA) is 53.2 Å². The van der Waals surface area contributed by atoms with Crippen LogP contribution in [0.3, 0.4) is 0 Å². The van der Waals surface area contributed by atoms with Crippen LogP contribution in [0, 0.1) is 13.8 Å². The average molecular weight is 394 g/mol. The molecule has 0 aromatic heterocycles. The fourth-order valence-corrected chi connectivity index (χ4v) is 3.66. The molecular weight excluding hydrogens is 358 g/mol. The second-order valence-electron chi connectivity index (χ2n) is 7.77. The van der Waals surface area contributed by atoms with Crippen LogP contribution in [0.1, 0.15) is 17.5 Å². The van der Waals surface area contributed by atoms with Gasteiger partial charge in [0.2, 0.25) is 0 Å². The normalized spacial score (nSPS) is 15.1. The van der Waals surface area contributed by atoms with Crippen LogP contribution in [-0.2, 0) is 4.79 Å². The van der Waals surface area contributed by atoms with E-state index < -0.39 is 0 Å². The van der Waals surface area contributed by atoms with Crippen LogP contribution in [0.2, 0.25) is 0 Å². The molecule has 0 radical (unpaired) electrons. The van der Waals surface area contributed by atoms with Gasteiger partial charge in [0, 0.05) is 18.7 Å². The van der Waals surface area contributed by atoms with Crippen molar-refractivity contribution in [2.24, 2.45) is 0 Å². The third-order valence-electron chi connectivity index (χ3n) is 5.04. The standard InChI is InChI=1S/C20H33N5OS/c1-16-7-5-8-17(2)19(16)22-18(26)15-24-11-13-25(14-12-24)20(27)21-9-6-10-23(3)4/h5,7-8H,6,9-15H2,1-4H3,(H,21,27)(H,22,26)/p+2. The number of carbonyl (C=O) groups excluding carboxylic acids is 1. The quantitative estimate of drug-likeness (QED) is 0.349. The molecule has 6 nitrogen and oxygen atoms in total. The third kappa shape index (κ3) is 7.08. The van der Waals surface area contributed by atoms with Crippen molar-refractivity contribution >= 4 is 28.9 Å². The maximum absolute atomic E-state index is 12.4. The van der Waals surface area contributed by atoms with E-state index in [4.69, 9.17) is 12.2 Å². The summed E-state index contributed by atoms with van der Waals surface area (Å²) in [5.74, 6) is 0.0859. The van der Waals surface area contributed by atoms with Crippen molar-refractivity contribution in [3.8, 4) is 0 Å². The number of aryl methyl sites for hydroxylation is 2. The molecule has 0 spiro atoms. The first-order valence-electron chi connectivity index (χ1n) is 9.88. The Kier molecular flexibility index (Phi) is 8.47. The van der Waals surface area contributed by atoms with Crippen molar-refractivity contribution in [1.82, 2.24) is 10.2 Å². The van der Waals surface area contributed by atoms with E-state index in [1.165, 1.54) is 9.80 Å². The minimum Gasteiger partial charge on any atom is -0.362 e. The smallest absolute Gasteiger partial charge is 0.279 e. The molecule has 0 unspecified atom stereocenters. The number of quaternary nitrogens is 2. The number of para-hydroxylation sites is 1. The molecule has 1 aromatic carbocycles. The lowest BCUT2D eigenvalue weighted by molar-refractivity contribution is -0.895. The Morgan fingerprint density at radius 2 is 1.85 bits per heavy atom. The van der Waals surface area contributed by atoms with Crippen molar-refractivity contribution in [3.05, 3.63) is 29.3 Å². The number of nitrogens with one attached hydrogen (secondary N) is 4. The van der Waals surface area contributed by atoms with E-state index in [1.807, 2.05) is 32.0 Å². The summed E-state index contributed by atoms with van der Waals surface area (Å²) in [6, 6.07) is 6.08. The van der Waals surface area contributed by atoms with Crippen molar-refractivity contribution < 1.29 is 14.6 Å². The number of hydrogen-bond donors (Lipinski definition) is 4. The monoisotopic (exact) mass is 393 g/mol. The molecule has 1 fully saturated rings. The van der Waals surface area contributed by atoms with Gasteiger partial charge in [0.05, 0.1) is 46.8 Å². The lowest BCUT2D eigenvalue weighted by Crippen LogP contribution is -3.15. The molecule has 1 aromatic rings. The molecule has 150 valence electrons. The summed E-state index contributed by atoms with van der Waals surface area (Å²) in [4.78, 5) is 17.4. The Morgan fingerprint density at radius 1 is 1.22 bits per heavy atom. The number of hydrogen-bond acceptors (Lipinski definition) is 2. The van der Waals surface area contributed by atoms with Crippen LogP contribution < -0.4 is 20.4 Å². The summed E-state index contributed by atoms with van der Waals surface area (Å²) >= 11 is 5.51. The van der Waals surface area contributed by atoms with Gasteiger partial charge in [0.15, 0.2) is 11.7 Å². The second kappa shape index (κ2) is 10.6. The molecule has 1 heterocycles. The predicted molar refractivity (Wildman–Crippen MR) is 115 cm³/mol. The van der Waals surface area contributed by atoms with Crippen LogP contribution in [0.4, 0.5) is 5.69 Å². The summed E-state index contributed by atoms with van der Waals surface area (Å²) in [7, 11) is 4.33. The fraction of sp³-hybridized carbons (Fsp3) is 0.600. The molecule has 2 rings (SSSR count). The number of rotatable bonds is 7. The molecule has 1 amide bonds. The number of nitrogens with zero attached hydrogens (tertiary/aromatic N) is 1. The van der Waals surface area contributed by atoms with Crippen LogP contribution in [0.25, 0.3) is 0 Å². The zero-order valence-corrected chi connectivity index (χ0v) is 18.0. The highest BCUT2D eigenvalue weighted by Crippen LogP contribution is 2.18. The van der Waals surface area contributed by atoms with E-state index in [0.717, 1.165) is 67.6 Å². The molecular formula is C20H35N5OS+2. The van der Waals surface area contributed by atoms with E-state index in [9.17, 15) is 4.79 Å². The molecule has 27 heavy (non-hydrogen) atoms. The third-order valence-corrected chi connectivity index (χ3v) is 5.45. The zero-order chi connectivity index (χ0) is 19.8. The van der Waals surface area contributed by atoms with Gasteiger partial charge in [-0.2, -0.15) is 0 Å². The molecule has 0 saturated carbocycles. The van der Waals surface area contributed by atoms with Gasteiger partial charge < -0.3 is 25.3 Å². The van der Waals surface area contributed by atoms with E-state index >= 15 is 0 Å². The largest absolute Gasteiger partial charge is 0.362 e. The highest BCUT2D eigenvalue weighted by Gasteiger charge is 2.23. The van der Waals surface area contributed by atoms with Gasteiger partial charge in [0.25, 0.3) is 5.91 Å². The highest BCUT2D eigenvalue weighted by molar-refractivity contribution is 7.80. The molecule has 0 aliphatic carbocycles. The first-order valence-corrected chi connectivity index (χ1v) is 10.3. The Bertz CT molecular complexity index is 621. The minimum atomic E-state index is 0.0859. The Hall–Kier alpha value is -1.70. The van der Waals surface area contributed by atoms with Crippen molar-refractivity contribution in [2.75, 3.05) is 65.2 Å². The maximum Gasteiger partial charge on any atom is 0.279 e. The van der Waals surface area contributed by atoms with Crippen LogP contribution >= 0.6 is 12.2 Å². The van der Waals surface area contributed by atoms with Crippen LogP contribution in [0.15, 0.2) is 18.2 Å². The van der Waals surface area contributed by atoms with Crippen LogP contribution in [-0.4, -0.2) is 75.8 Å². The number of piperazine rings is 1. The van der Waals surface area contributed by atoms with Gasteiger partial charge in [-0.1, -0.05) is 18.2 Å². The van der Waals surface area contributed by atoms with Gasteiger partial charge >= 0.3 is 0 Å². The first-order chi connectivity index (χ1) is 12.9. The van der Waals surface area contributed by atoms with Crippen molar-refractivity contribution in [1.29, 1.82) is 0 Å². The first kappa shape index (κ1) is 21.6. The Morgan fingerprint density at radius 3 is 2.44 bits per heavy atom. The second-order valence-corrected chi connectivity index (χ2v) is 8.16. The van der Waals surface area contributed by atoms with Crippen molar-refractivity contribution in [3.63, 3.8) is 0 Å². The molecule has 4 N–H and O–H groups in total. The lowest BCUT2D eigenvalue weighted by Gasteiger charge is -2.33. The average Bonchev–Trinajstić information content (AvgIpc) is 2.62. The van der Waals surface area contributed by atoms with E-state index in [0.29, 0.717) is 6.54 Å². The Balaban J connectivity index is 1.71. The zero-order valence-electron chi connectivity index (χ0n) is 17.2. The lowest BCUT2D eigenvalue weighted by atomic mass is 10.1. The minimum absolute atomic E-state index is 0.0859. The van der Waals surface area contributed by atoms with Gasteiger partial charge in [-0.05, 0) is 37.2 Å². The summed E-state index contributed by atoms with van der Waals surface area (Å²) in [6.45, 7) is 10.3. The molecule has 0 bridgehead atoms. The molecule has 1 aliphatic heterocycles. The number of amides is 1. The number of carbonyl (C=O) groups is 1. The summed E-state index contributed by atoms with van der Waals surface area (Å²) < 4.78 is 0. The van der Waals surface area contributed by atoms with E-state index in [2.05, 4.69) is 29.6 Å². The summed E-state index contributed by atoms with van der Waals surface area (Å²) in [5.41, 5.74) is 3.16. The summed E-state index contributed by atoms with van der Waals surface area (Å²) in [5, 5.41) is 7.30. The van der Waals surface area contributed by atoms with E-state index in [-0.39, 0.29) is 5.91 Å². The Labute approximate surface area is 168 Å². The fourth-order valence-electron chi connectivity index (χ4n) is 3.37. The predicted octanol–water partition coefficient (Wildman–Crippen LogP) is -1.15. The van der Waals surface area contributed by atoms with Gasteiger partial charge in [-0.15, -0.1) is 0 Å². The SMILES string of the molecule is Cc1cccc(C)c1NC(=O)C[NH+]1CCN(C(=S)NCCC[NH+](C)C)CC1. The highest BCUT2D eigenvalue weighted by atomic mass is 32.1. The number of anilines is 1. The van der Waals surface area contributed by atoms with Crippen LogP contribution in [0.5, 0.6) is 0 Å². The molecule has 0 atom stereocenters. The molecule has 7 heteroatoms. The van der Waals surface area contributed by atoms with E-state index in [1.54, 1.807) is 0 Å². The van der Waals surface area contributed by atoms with Gasteiger partial charge in [-0.3, -0.25) is 4.79 Å². The van der Waals surface area contributed by atoms with Gasteiger partial charge in [-0.25, -0.2) is 0 Å². The number of thiocarbonyl (C=S) groups is 1. The summed E-state index contributed by atoms with van der Waals surface area (Å²) in [6.07, 6.45) is 1.12. The maximum atomic E-state index is 12.4. The van der Waals surface area contributed by atoms with Gasteiger partial charge in [0.1, 0.15) is 0 Å².